The van der Waals surface area contributed by atoms with Crippen molar-refractivity contribution in [2.45, 2.75) is 45.1 Å². The first-order valence-corrected chi connectivity index (χ1v) is 11.9. The van der Waals surface area contributed by atoms with Crippen molar-refractivity contribution < 1.29 is 36.6 Å². The zero-order valence-electron chi connectivity index (χ0n) is 21.0. The minimum Gasteiger partial charge on any atom is -0.478 e. The number of hydrogen-bond donors (Lipinski definition) is 2. The van der Waals surface area contributed by atoms with E-state index in [-0.39, 0.29) is 36.6 Å². The maximum absolute atomic E-state index is 14.6. The SMILES string of the molecule is C=CC(NC(=O)c1c(C(C)(F)F)nn2c1N(Cc1ccc(C)c(C(F)(F)F)c1)CC2)c1ccc(C(=O)O)cc1. The lowest BCUT2D eigenvalue weighted by molar-refractivity contribution is -0.138. The van der Waals surface area contributed by atoms with E-state index in [4.69, 9.17) is 5.11 Å². The van der Waals surface area contributed by atoms with Crippen LogP contribution in [0.3, 0.4) is 0 Å². The van der Waals surface area contributed by atoms with E-state index in [1.165, 1.54) is 54.1 Å². The Kier molecular flexibility index (Phi) is 7.24. The summed E-state index contributed by atoms with van der Waals surface area (Å²) in [6.07, 6.45) is -3.19. The molecule has 1 amide bonds. The van der Waals surface area contributed by atoms with Crippen LogP contribution < -0.4 is 10.2 Å². The zero-order valence-corrected chi connectivity index (χ0v) is 21.0. The van der Waals surface area contributed by atoms with Gasteiger partial charge in [-0.15, -0.1) is 6.58 Å². The number of carboxylic acid groups (broad SMARTS) is 1. The Morgan fingerprint density at radius 2 is 1.79 bits per heavy atom. The topological polar surface area (TPSA) is 87.5 Å². The van der Waals surface area contributed by atoms with E-state index in [9.17, 15) is 31.5 Å². The Morgan fingerprint density at radius 3 is 2.36 bits per heavy atom. The van der Waals surface area contributed by atoms with E-state index in [0.717, 1.165) is 6.07 Å². The average molecular weight is 549 g/mol. The van der Waals surface area contributed by atoms with E-state index in [0.29, 0.717) is 18.1 Å². The van der Waals surface area contributed by atoms with Crippen LogP contribution in [0.2, 0.25) is 0 Å². The Balaban J connectivity index is 1.69. The Morgan fingerprint density at radius 1 is 1.13 bits per heavy atom. The van der Waals surface area contributed by atoms with Crippen LogP contribution in [0.4, 0.5) is 27.8 Å². The Bertz CT molecular complexity index is 1420. The predicted molar refractivity (Wildman–Crippen MR) is 133 cm³/mol. The molecule has 1 aromatic heterocycles. The number of aryl methyl sites for hydroxylation is 1. The molecule has 4 rings (SSSR count). The second-order valence-electron chi connectivity index (χ2n) is 9.34. The number of amides is 1. The molecule has 0 saturated carbocycles. The second kappa shape index (κ2) is 10.2. The number of rotatable bonds is 8. The second-order valence-corrected chi connectivity index (χ2v) is 9.34. The molecule has 0 saturated heterocycles. The van der Waals surface area contributed by atoms with Gasteiger partial charge in [-0.05, 0) is 41.8 Å². The van der Waals surface area contributed by atoms with Gasteiger partial charge in [0, 0.05) is 20.0 Å². The Hall–Kier alpha value is -4.22. The van der Waals surface area contributed by atoms with Gasteiger partial charge in [-0.2, -0.15) is 27.1 Å². The van der Waals surface area contributed by atoms with Crippen LogP contribution in [-0.2, 0) is 25.2 Å². The molecule has 2 heterocycles. The van der Waals surface area contributed by atoms with Gasteiger partial charge < -0.3 is 15.3 Å². The fraction of sp³-hybridized carbons (Fsp3) is 0.296. The fourth-order valence-electron chi connectivity index (χ4n) is 4.54. The number of alkyl halides is 5. The van der Waals surface area contributed by atoms with E-state index in [1.807, 2.05) is 0 Å². The number of fused-ring (bicyclic) bond motifs is 1. The van der Waals surface area contributed by atoms with Crippen molar-refractivity contribution in [3.63, 3.8) is 0 Å². The average Bonchev–Trinajstić information content (AvgIpc) is 3.43. The quantitative estimate of drug-likeness (QED) is 0.279. The summed E-state index contributed by atoms with van der Waals surface area (Å²) in [6.45, 7) is 5.97. The monoisotopic (exact) mass is 548 g/mol. The van der Waals surface area contributed by atoms with E-state index < -0.39 is 46.8 Å². The smallest absolute Gasteiger partial charge is 0.416 e. The van der Waals surface area contributed by atoms with Gasteiger partial charge in [0.2, 0.25) is 0 Å². The number of nitrogens with one attached hydrogen (secondary N) is 1. The highest BCUT2D eigenvalue weighted by Crippen LogP contribution is 2.38. The summed E-state index contributed by atoms with van der Waals surface area (Å²) in [5.74, 6) is -5.44. The van der Waals surface area contributed by atoms with Gasteiger partial charge in [0.1, 0.15) is 17.1 Å². The molecule has 2 aromatic carbocycles. The highest BCUT2D eigenvalue weighted by molar-refractivity contribution is 6.01. The number of aromatic nitrogens is 2. The molecule has 39 heavy (non-hydrogen) atoms. The van der Waals surface area contributed by atoms with Crippen LogP contribution in [0.25, 0.3) is 0 Å². The molecule has 0 fully saturated rings. The van der Waals surface area contributed by atoms with Gasteiger partial charge >= 0.3 is 12.1 Å². The van der Waals surface area contributed by atoms with E-state index in [1.54, 1.807) is 4.90 Å². The number of carbonyl (C=O) groups excluding carboxylic acids is 1. The van der Waals surface area contributed by atoms with Crippen molar-refractivity contribution >= 4 is 17.7 Å². The summed E-state index contributed by atoms with van der Waals surface area (Å²) in [5.41, 5.74) is -1.11. The third kappa shape index (κ3) is 5.64. The van der Waals surface area contributed by atoms with Crippen molar-refractivity contribution in [2.24, 2.45) is 0 Å². The van der Waals surface area contributed by atoms with Crippen LogP contribution >= 0.6 is 0 Å². The van der Waals surface area contributed by atoms with Gasteiger partial charge in [-0.1, -0.05) is 30.3 Å². The third-order valence-corrected chi connectivity index (χ3v) is 6.47. The van der Waals surface area contributed by atoms with Gasteiger partial charge in [0.25, 0.3) is 11.8 Å². The van der Waals surface area contributed by atoms with Gasteiger partial charge in [0.05, 0.1) is 23.7 Å². The first-order chi connectivity index (χ1) is 18.2. The minimum absolute atomic E-state index is 0.0238. The molecule has 1 aliphatic rings. The number of nitrogens with zero attached hydrogens (tertiary/aromatic N) is 3. The lowest BCUT2D eigenvalue weighted by atomic mass is 10.0. The molecule has 206 valence electrons. The highest BCUT2D eigenvalue weighted by atomic mass is 19.4. The summed E-state index contributed by atoms with van der Waals surface area (Å²) in [5, 5.41) is 15.7. The maximum atomic E-state index is 14.6. The molecule has 1 unspecified atom stereocenters. The first kappa shape index (κ1) is 27.8. The number of anilines is 1. The number of aromatic carboxylic acids is 1. The van der Waals surface area contributed by atoms with Crippen LogP contribution in [0, 0.1) is 6.92 Å². The molecule has 0 radical (unpaired) electrons. The lowest BCUT2D eigenvalue weighted by Crippen LogP contribution is -2.31. The highest BCUT2D eigenvalue weighted by Gasteiger charge is 2.41. The zero-order chi connectivity index (χ0) is 28.7. The molecule has 0 spiro atoms. The third-order valence-electron chi connectivity index (χ3n) is 6.47. The van der Waals surface area contributed by atoms with Crippen molar-refractivity contribution in [1.82, 2.24) is 15.1 Å². The molecular weight excluding hydrogens is 523 g/mol. The summed E-state index contributed by atoms with van der Waals surface area (Å²) in [6, 6.07) is 8.63. The summed E-state index contributed by atoms with van der Waals surface area (Å²) in [4.78, 5) is 26.2. The van der Waals surface area contributed by atoms with Gasteiger partial charge in [-0.3, -0.25) is 4.79 Å². The van der Waals surface area contributed by atoms with Crippen LogP contribution in [0.15, 0.2) is 55.1 Å². The molecule has 3 aromatic rings. The molecule has 0 bridgehead atoms. The normalized spacial score (nSPS) is 14.2. The molecule has 0 aliphatic carbocycles. The number of benzene rings is 2. The van der Waals surface area contributed by atoms with Gasteiger partial charge in [0.15, 0.2) is 0 Å². The predicted octanol–water partition coefficient (Wildman–Crippen LogP) is 5.70. The lowest BCUT2D eigenvalue weighted by Gasteiger charge is -2.22. The number of carbonyl (C=O) groups is 2. The molecule has 7 nitrogen and oxygen atoms in total. The molecular formula is C27H25F5N4O3. The largest absolute Gasteiger partial charge is 0.478 e. The molecule has 1 atom stereocenters. The summed E-state index contributed by atoms with van der Waals surface area (Å²) < 4.78 is 70.8. The van der Waals surface area contributed by atoms with Gasteiger partial charge in [-0.25, -0.2) is 9.48 Å². The molecule has 12 heteroatoms. The van der Waals surface area contributed by atoms with Crippen molar-refractivity contribution in [2.75, 3.05) is 11.4 Å². The van der Waals surface area contributed by atoms with E-state index in [2.05, 4.69) is 17.0 Å². The number of hydrogen-bond acceptors (Lipinski definition) is 4. The van der Waals surface area contributed by atoms with Crippen molar-refractivity contribution in [3.8, 4) is 0 Å². The first-order valence-electron chi connectivity index (χ1n) is 11.9. The number of halogens is 5. The van der Waals surface area contributed by atoms with Crippen LogP contribution in [0.5, 0.6) is 0 Å². The fourth-order valence-corrected chi connectivity index (χ4v) is 4.54. The number of carboxylic acids is 1. The van der Waals surface area contributed by atoms with E-state index >= 15 is 0 Å². The van der Waals surface area contributed by atoms with Crippen LogP contribution in [-0.4, -0.2) is 33.3 Å². The molecule has 1 aliphatic heterocycles. The molecule has 2 N–H and O–H groups in total. The summed E-state index contributed by atoms with van der Waals surface area (Å²) in [7, 11) is 0. The van der Waals surface area contributed by atoms with Crippen molar-refractivity contribution in [1.29, 1.82) is 0 Å². The van der Waals surface area contributed by atoms with Crippen LogP contribution in [0.1, 0.15) is 61.6 Å². The minimum atomic E-state index is -4.56. The van der Waals surface area contributed by atoms with Crippen molar-refractivity contribution in [3.05, 3.63) is 94.2 Å². The maximum Gasteiger partial charge on any atom is 0.416 e. The standard InChI is InChI=1S/C27H25F5N4O3/c1-4-20(17-7-9-18(10-8-17)25(38)39)33-23(37)21-22(26(3,28)29)34-36-12-11-35(24(21)36)14-16-6-5-15(2)19(13-16)27(30,31)32/h4-10,13,20H,1,11-12,14H2,2-3H3,(H,33,37)(H,38,39). The Labute approximate surface area is 220 Å². The summed E-state index contributed by atoms with van der Waals surface area (Å²) >= 11 is 0.